The molecule has 0 fully saturated rings. The molecule has 0 spiro atoms. The van der Waals surface area contributed by atoms with Gasteiger partial charge in [-0.15, -0.1) is 0 Å². The van der Waals surface area contributed by atoms with Gasteiger partial charge in [-0.05, 0) is 22.0 Å². The third kappa shape index (κ3) is 1.56. The highest BCUT2D eigenvalue weighted by Gasteiger charge is 2.07. The van der Waals surface area contributed by atoms with E-state index in [0.29, 0.717) is 15.6 Å². The zero-order chi connectivity index (χ0) is 10.1. The highest BCUT2D eigenvalue weighted by atomic mass is 79.9. The molecule has 14 heavy (non-hydrogen) atoms. The molecule has 70 valence electrons. The molecule has 0 radical (unpaired) electrons. The summed E-state index contributed by atoms with van der Waals surface area (Å²) in [5, 5.41) is 10.5. The van der Waals surface area contributed by atoms with Gasteiger partial charge >= 0.3 is 0 Å². The number of hydrogen-bond donors (Lipinski definition) is 0. The van der Waals surface area contributed by atoms with Crippen LogP contribution in [0.3, 0.4) is 0 Å². The van der Waals surface area contributed by atoms with Crippen molar-refractivity contribution in [1.29, 1.82) is 0 Å². The Kier molecular flexibility index (Phi) is 2.12. The molecule has 2 rings (SSSR count). The Balaban J connectivity index is 2.69. The van der Waals surface area contributed by atoms with Gasteiger partial charge in [0.2, 0.25) is 0 Å². The Bertz CT molecular complexity index is 515. The fraction of sp³-hybridized carbons (Fsp3) is 0. The number of rotatable bonds is 1. The standard InChI is InChI=1S/C8H4BrN3O2/c9-8-4-10-6-2-1-5(12(13)14)3-7(6)11-8/h1-4H. The van der Waals surface area contributed by atoms with Gasteiger partial charge in [0.15, 0.2) is 0 Å². The molecule has 6 heteroatoms. The molecule has 5 nitrogen and oxygen atoms in total. The number of fused-ring (bicyclic) bond motifs is 1. The van der Waals surface area contributed by atoms with Crippen LogP contribution in [0.25, 0.3) is 11.0 Å². The average Bonchev–Trinajstić information content (AvgIpc) is 2.16. The van der Waals surface area contributed by atoms with E-state index in [1.54, 1.807) is 12.3 Å². The first-order chi connectivity index (χ1) is 6.66. The molecule has 0 unspecified atom stereocenters. The summed E-state index contributed by atoms with van der Waals surface area (Å²) in [7, 11) is 0. The lowest BCUT2D eigenvalue weighted by molar-refractivity contribution is -0.384. The normalized spacial score (nSPS) is 10.4. The summed E-state index contributed by atoms with van der Waals surface area (Å²) in [6.45, 7) is 0. The number of benzene rings is 1. The minimum absolute atomic E-state index is 0.0184. The lowest BCUT2D eigenvalue weighted by atomic mass is 10.3. The van der Waals surface area contributed by atoms with Crippen LogP contribution >= 0.6 is 15.9 Å². The summed E-state index contributed by atoms with van der Waals surface area (Å²) >= 11 is 3.15. The van der Waals surface area contributed by atoms with Gasteiger partial charge < -0.3 is 0 Å². The number of halogens is 1. The monoisotopic (exact) mass is 253 g/mol. The smallest absolute Gasteiger partial charge is 0.258 e. The zero-order valence-corrected chi connectivity index (χ0v) is 8.43. The average molecular weight is 254 g/mol. The Morgan fingerprint density at radius 3 is 2.86 bits per heavy atom. The van der Waals surface area contributed by atoms with Crippen LogP contribution in [0.1, 0.15) is 0 Å². The van der Waals surface area contributed by atoms with Crippen molar-refractivity contribution in [3.63, 3.8) is 0 Å². The van der Waals surface area contributed by atoms with Crippen LogP contribution in [-0.4, -0.2) is 14.9 Å². The van der Waals surface area contributed by atoms with Crippen molar-refractivity contribution in [1.82, 2.24) is 9.97 Å². The molecule has 0 atom stereocenters. The highest BCUT2D eigenvalue weighted by molar-refractivity contribution is 9.10. The van der Waals surface area contributed by atoms with Crippen LogP contribution in [-0.2, 0) is 0 Å². The van der Waals surface area contributed by atoms with Crippen molar-refractivity contribution in [2.45, 2.75) is 0 Å². The van der Waals surface area contributed by atoms with Crippen LogP contribution in [0.4, 0.5) is 5.69 Å². The second-order valence-electron chi connectivity index (χ2n) is 2.62. The summed E-state index contributed by atoms with van der Waals surface area (Å²) in [6.07, 6.45) is 1.55. The van der Waals surface area contributed by atoms with Crippen molar-refractivity contribution in [2.75, 3.05) is 0 Å². The van der Waals surface area contributed by atoms with Gasteiger partial charge in [-0.25, -0.2) is 4.98 Å². The predicted molar refractivity (Wildman–Crippen MR) is 53.9 cm³/mol. The Hall–Kier alpha value is -1.56. The molecule has 0 saturated heterocycles. The van der Waals surface area contributed by atoms with Crippen LogP contribution in [0, 0.1) is 10.1 Å². The molecule has 0 bridgehead atoms. The second kappa shape index (κ2) is 3.30. The molecule has 1 heterocycles. The van der Waals surface area contributed by atoms with E-state index in [1.165, 1.54) is 12.1 Å². The Morgan fingerprint density at radius 2 is 2.14 bits per heavy atom. The molecule has 0 aliphatic carbocycles. The number of non-ortho nitro benzene ring substituents is 1. The first-order valence-corrected chi connectivity index (χ1v) is 4.53. The quantitative estimate of drug-likeness (QED) is 0.578. The molecule has 0 aliphatic rings. The number of nitrogens with zero attached hydrogens (tertiary/aromatic N) is 3. The maximum Gasteiger partial charge on any atom is 0.271 e. The summed E-state index contributed by atoms with van der Waals surface area (Å²) in [4.78, 5) is 18.1. The van der Waals surface area contributed by atoms with E-state index in [-0.39, 0.29) is 5.69 Å². The van der Waals surface area contributed by atoms with Gasteiger partial charge in [-0.1, -0.05) is 0 Å². The van der Waals surface area contributed by atoms with E-state index in [1.807, 2.05) is 0 Å². The van der Waals surface area contributed by atoms with E-state index in [0.717, 1.165) is 0 Å². The molecule has 0 amide bonds. The third-order valence-corrected chi connectivity index (χ3v) is 2.09. The minimum atomic E-state index is -0.456. The van der Waals surface area contributed by atoms with Gasteiger partial charge in [-0.3, -0.25) is 15.1 Å². The summed E-state index contributed by atoms with van der Waals surface area (Å²) in [6, 6.07) is 4.38. The highest BCUT2D eigenvalue weighted by Crippen LogP contribution is 2.18. The lowest BCUT2D eigenvalue weighted by Gasteiger charge is -1.96. The number of nitro groups is 1. The van der Waals surface area contributed by atoms with Crippen LogP contribution in [0.15, 0.2) is 29.0 Å². The summed E-state index contributed by atoms with van der Waals surface area (Å²) in [5.74, 6) is 0. The fourth-order valence-electron chi connectivity index (χ4n) is 1.09. The predicted octanol–water partition coefficient (Wildman–Crippen LogP) is 2.30. The first kappa shape index (κ1) is 9.01. The van der Waals surface area contributed by atoms with Gasteiger partial charge in [0.1, 0.15) is 4.60 Å². The van der Waals surface area contributed by atoms with Gasteiger partial charge in [0.05, 0.1) is 22.2 Å². The SMILES string of the molecule is O=[N+]([O-])c1ccc2ncc(Br)nc2c1. The van der Waals surface area contributed by atoms with E-state index in [4.69, 9.17) is 0 Å². The number of hydrogen-bond acceptors (Lipinski definition) is 4. The fourth-order valence-corrected chi connectivity index (χ4v) is 1.38. The van der Waals surface area contributed by atoms with E-state index >= 15 is 0 Å². The second-order valence-corrected chi connectivity index (χ2v) is 3.44. The Morgan fingerprint density at radius 1 is 1.36 bits per heavy atom. The van der Waals surface area contributed by atoms with Crippen molar-refractivity contribution in [3.05, 3.63) is 39.1 Å². The molecule has 0 saturated carbocycles. The molecule has 2 aromatic rings. The first-order valence-electron chi connectivity index (χ1n) is 3.73. The maximum atomic E-state index is 10.5. The molecule has 1 aromatic carbocycles. The van der Waals surface area contributed by atoms with E-state index in [9.17, 15) is 10.1 Å². The van der Waals surface area contributed by atoms with Crippen molar-refractivity contribution in [3.8, 4) is 0 Å². The minimum Gasteiger partial charge on any atom is -0.258 e. The molecular formula is C8H4BrN3O2. The maximum absolute atomic E-state index is 10.5. The third-order valence-electron chi connectivity index (χ3n) is 1.71. The number of nitro benzene ring substituents is 1. The molecular weight excluding hydrogens is 250 g/mol. The van der Waals surface area contributed by atoms with Crippen LogP contribution < -0.4 is 0 Å². The number of aromatic nitrogens is 2. The molecule has 0 N–H and O–H groups in total. The van der Waals surface area contributed by atoms with Gasteiger partial charge in [0.25, 0.3) is 5.69 Å². The molecule has 0 aliphatic heterocycles. The lowest BCUT2D eigenvalue weighted by Crippen LogP contribution is -1.90. The van der Waals surface area contributed by atoms with Crippen molar-refractivity contribution < 1.29 is 4.92 Å². The van der Waals surface area contributed by atoms with Gasteiger partial charge in [0, 0.05) is 12.1 Å². The van der Waals surface area contributed by atoms with Gasteiger partial charge in [-0.2, -0.15) is 0 Å². The van der Waals surface area contributed by atoms with Crippen molar-refractivity contribution >= 4 is 32.7 Å². The van der Waals surface area contributed by atoms with Crippen LogP contribution in [0.2, 0.25) is 0 Å². The topological polar surface area (TPSA) is 68.9 Å². The largest absolute Gasteiger partial charge is 0.271 e. The van der Waals surface area contributed by atoms with Crippen molar-refractivity contribution in [2.24, 2.45) is 0 Å². The van der Waals surface area contributed by atoms with E-state index in [2.05, 4.69) is 25.9 Å². The molecule has 1 aromatic heterocycles. The summed E-state index contributed by atoms with van der Waals surface area (Å²) < 4.78 is 0.561. The zero-order valence-electron chi connectivity index (χ0n) is 6.85. The summed E-state index contributed by atoms with van der Waals surface area (Å²) in [5.41, 5.74) is 1.16. The Labute approximate surface area is 87.1 Å². The van der Waals surface area contributed by atoms with E-state index < -0.39 is 4.92 Å². The van der Waals surface area contributed by atoms with Crippen LogP contribution in [0.5, 0.6) is 0 Å².